The molecule has 0 aliphatic rings. The number of amides is 1. The van der Waals surface area contributed by atoms with Crippen LogP contribution in [0.25, 0.3) is 0 Å². The van der Waals surface area contributed by atoms with Gasteiger partial charge >= 0.3 is 0 Å². The predicted molar refractivity (Wildman–Crippen MR) is 97.9 cm³/mol. The number of methoxy groups -OCH3 is 1. The number of sulfonamides is 1. The molecule has 0 heterocycles. The number of hydrogen-bond donors (Lipinski definition) is 1. The molecule has 0 aliphatic carbocycles. The van der Waals surface area contributed by atoms with Crippen molar-refractivity contribution in [2.45, 2.75) is 4.90 Å². The van der Waals surface area contributed by atoms with E-state index in [-0.39, 0.29) is 16.5 Å². The van der Waals surface area contributed by atoms with Crippen molar-refractivity contribution < 1.29 is 17.9 Å². The Labute approximate surface area is 156 Å². The zero-order chi connectivity index (χ0) is 18.6. The number of nitrogens with one attached hydrogen (secondary N) is 1. The van der Waals surface area contributed by atoms with Crippen molar-refractivity contribution in [1.29, 1.82) is 0 Å². The molecule has 6 nitrogen and oxygen atoms in total. The maximum absolute atomic E-state index is 12.6. The fourth-order valence-electron chi connectivity index (χ4n) is 2.04. The molecule has 134 valence electrons. The topological polar surface area (TPSA) is 75.7 Å². The SMILES string of the molecule is COc1ccc(S(=O)(=O)N(C)CC(=O)Nc2cccc(Cl)c2)cc1Cl. The summed E-state index contributed by atoms with van der Waals surface area (Å²) < 4.78 is 31.0. The highest BCUT2D eigenvalue weighted by Crippen LogP contribution is 2.28. The van der Waals surface area contributed by atoms with Gasteiger partial charge in [-0.05, 0) is 36.4 Å². The van der Waals surface area contributed by atoms with E-state index in [4.69, 9.17) is 27.9 Å². The van der Waals surface area contributed by atoms with Crippen molar-refractivity contribution in [3.05, 3.63) is 52.5 Å². The molecule has 0 spiro atoms. The van der Waals surface area contributed by atoms with Gasteiger partial charge in [0.1, 0.15) is 5.75 Å². The first-order valence-electron chi connectivity index (χ1n) is 7.09. The van der Waals surface area contributed by atoms with Crippen molar-refractivity contribution in [2.75, 3.05) is 26.0 Å². The summed E-state index contributed by atoms with van der Waals surface area (Å²) in [5.74, 6) is -0.130. The number of carbonyl (C=O) groups is 1. The first kappa shape index (κ1) is 19.5. The van der Waals surface area contributed by atoms with E-state index in [0.29, 0.717) is 16.5 Å². The van der Waals surface area contributed by atoms with Crippen LogP contribution in [0.2, 0.25) is 10.0 Å². The van der Waals surface area contributed by atoms with E-state index in [1.807, 2.05) is 0 Å². The number of anilines is 1. The van der Waals surface area contributed by atoms with Crippen LogP contribution in [0.15, 0.2) is 47.4 Å². The normalized spacial score (nSPS) is 11.4. The third-order valence-corrected chi connectivity index (χ3v) is 5.64. The molecule has 2 aromatic carbocycles. The average molecular weight is 403 g/mol. The van der Waals surface area contributed by atoms with E-state index >= 15 is 0 Å². The molecule has 9 heteroatoms. The molecule has 1 N–H and O–H groups in total. The minimum absolute atomic E-state index is 0.0312. The van der Waals surface area contributed by atoms with Crippen molar-refractivity contribution in [2.24, 2.45) is 0 Å². The highest BCUT2D eigenvalue weighted by atomic mass is 35.5. The van der Waals surface area contributed by atoms with E-state index < -0.39 is 15.9 Å². The Bertz CT molecular complexity index is 887. The first-order chi connectivity index (χ1) is 11.7. The molecule has 0 bridgehead atoms. The zero-order valence-corrected chi connectivity index (χ0v) is 15.8. The van der Waals surface area contributed by atoms with Gasteiger partial charge in [0, 0.05) is 17.8 Å². The fraction of sp³-hybridized carbons (Fsp3) is 0.188. The predicted octanol–water partition coefficient (Wildman–Crippen LogP) is 3.26. The smallest absolute Gasteiger partial charge is 0.243 e. The standard InChI is InChI=1S/C16H16Cl2N2O4S/c1-20(10-16(21)19-12-5-3-4-11(17)8-12)25(22,23)13-6-7-15(24-2)14(18)9-13/h3-9H,10H2,1-2H3,(H,19,21). The molecule has 1 amide bonds. The Morgan fingerprint density at radius 1 is 1.20 bits per heavy atom. The second-order valence-electron chi connectivity index (χ2n) is 5.12. The van der Waals surface area contributed by atoms with Gasteiger partial charge in [-0.15, -0.1) is 0 Å². The van der Waals surface area contributed by atoms with E-state index in [2.05, 4.69) is 5.32 Å². The maximum atomic E-state index is 12.6. The lowest BCUT2D eigenvalue weighted by Crippen LogP contribution is -2.35. The average Bonchev–Trinajstić information content (AvgIpc) is 2.54. The largest absolute Gasteiger partial charge is 0.495 e. The second kappa shape index (κ2) is 8.05. The maximum Gasteiger partial charge on any atom is 0.243 e. The Morgan fingerprint density at radius 3 is 2.52 bits per heavy atom. The number of halogens is 2. The number of benzene rings is 2. The van der Waals surface area contributed by atoms with Crippen LogP contribution in [-0.4, -0.2) is 39.3 Å². The van der Waals surface area contributed by atoms with Crippen molar-refractivity contribution in [3.8, 4) is 5.75 Å². The van der Waals surface area contributed by atoms with Gasteiger partial charge in [-0.3, -0.25) is 4.79 Å². The summed E-state index contributed by atoms with van der Waals surface area (Å²) in [6.45, 7) is -0.363. The van der Waals surface area contributed by atoms with Gasteiger partial charge in [-0.25, -0.2) is 8.42 Å². The van der Waals surface area contributed by atoms with E-state index in [1.165, 1.54) is 32.4 Å². The van der Waals surface area contributed by atoms with Gasteiger partial charge in [-0.2, -0.15) is 4.31 Å². The molecule has 0 saturated carbocycles. The molecule has 0 unspecified atom stereocenters. The number of ether oxygens (including phenoxy) is 1. The molecule has 25 heavy (non-hydrogen) atoms. The molecule has 0 aromatic heterocycles. The van der Waals surface area contributed by atoms with Gasteiger partial charge in [0.05, 0.1) is 23.6 Å². The minimum Gasteiger partial charge on any atom is -0.495 e. The van der Waals surface area contributed by atoms with Crippen LogP contribution in [0.1, 0.15) is 0 Å². The highest BCUT2D eigenvalue weighted by Gasteiger charge is 2.24. The van der Waals surface area contributed by atoms with Crippen LogP contribution in [0.5, 0.6) is 5.75 Å². The Morgan fingerprint density at radius 2 is 1.92 bits per heavy atom. The van der Waals surface area contributed by atoms with E-state index in [9.17, 15) is 13.2 Å². The molecular weight excluding hydrogens is 387 g/mol. The van der Waals surface area contributed by atoms with Gasteiger partial charge in [-0.1, -0.05) is 29.3 Å². The number of nitrogens with zero attached hydrogens (tertiary/aromatic N) is 1. The molecule has 0 radical (unpaired) electrons. The summed E-state index contributed by atoms with van der Waals surface area (Å²) in [5, 5.41) is 3.22. The second-order valence-corrected chi connectivity index (χ2v) is 8.00. The summed E-state index contributed by atoms with van der Waals surface area (Å²) >= 11 is 11.8. The molecule has 2 aromatic rings. The Balaban J connectivity index is 2.11. The summed E-state index contributed by atoms with van der Waals surface area (Å²) in [4.78, 5) is 12.0. The molecule has 0 fully saturated rings. The molecule has 0 atom stereocenters. The molecular formula is C16H16Cl2N2O4S. The van der Waals surface area contributed by atoms with Crippen LogP contribution in [0.3, 0.4) is 0 Å². The quantitative estimate of drug-likeness (QED) is 0.804. The number of likely N-dealkylation sites (N-methyl/N-ethyl adjacent to an activating group) is 1. The number of hydrogen-bond acceptors (Lipinski definition) is 4. The van der Waals surface area contributed by atoms with Gasteiger partial charge < -0.3 is 10.1 Å². The first-order valence-corrected chi connectivity index (χ1v) is 9.29. The van der Waals surface area contributed by atoms with Gasteiger partial charge in [0.25, 0.3) is 0 Å². The monoisotopic (exact) mass is 402 g/mol. The number of carbonyl (C=O) groups excluding carboxylic acids is 1. The molecule has 0 saturated heterocycles. The fourth-order valence-corrected chi connectivity index (χ4v) is 3.71. The Kier molecular flexibility index (Phi) is 6.29. The van der Waals surface area contributed by atoms with Crippen LogP contribution in [0, 0.1) is 0 Å². The van der Waals surface area contributed by atoms with Crippen molar-refractivity contribution in [3.63, 3.8) is 0 Å². The Hall–Kier alpha value is -1.80. The van der Waals surface area contributed by atoms with Crippen LogP contribution >= 0.6 is 23.2 Å². The molecule has 0 aliphatic heterocycles. The zero-order valence-electron chi connectivity index (χ0n) is 13.5. The summed E-state index contributed by atoms with van der Waals surface area (Å²) in [5.41, 5.74) is 0.482. The van der Waals surface area contributed by atoms with Gasteiger partial charge in [0.15, 0.2) is 0 Å². The summed E-state index contributed by atoms with van der Waals surface area (Å²) in [6.07, 6.45) is 0. The summed E-state index contributed by atoms with van der Waals surface area (Å²) in [7, 11) is -1.13. The van der Waals surface area contributed by atoms with E-state index in [1.54, 1.807) is 24.3 Å². The highest BCUT2D eigenvalue weighted by molar-refractivity contribution is 7.89. The van der Waals surface area contributed by atoms with Crippen LogP contribution in [-0.2, 0) is 14.8 Å². The minimum atomic E-state index is -3.88. The third kappa shape index (κ3) is 4.85. The number of rotatable bonds is 6. The van der Waals surface area contributed by atoms with Crippen LogP contribution < -0.4 is 10.1 Å². The van der Waals surface area contributed by atoms with Gasteiger partial charge in [0.2, 0.25) is 15.9 Å². The lowest BCUT2D eigenvalue weighted by atomic mass is 10.3. The van der Waals surface area contributed by atoms with Crippen molar-refractivity contribution >= 4 is 44.8 Å². The lowest BCUT2D eigenvalue weighted by Gasteiger charge is -2.17. The summed E-state index contributed by atoms with van der Waals surface area (Å²) in [6, 6.07) is 10.7. The van der Waals surface area contributed by atoms with Crippen LogP contribution in [0.4, 0.5) is 5.69 Å². The third-order valence-electron chi connectivity index (χ3n) is 3.31. The molecule has 2 rings (SSSR count). The van der Waals surface area contributed by atoms with Crippen molar-refractivity contribution in [1.82, 2.24) is 4.31 Å². The van der Waals surface area contributed by atoms with E-state index in [0.717, 1.165) is 4.31 Å². The lowest BCUT2D eigenvalue weighted by molar-refractivity contribution is -0.116.